The van der Waals surface area contributed by atoms with Crippen molar-refractivity contribution in [2.45, 2.75) is 82.9 Å². The van der Waals surface area contributed by atoms with Crippen LogP contribution in [0.25, 0.3) is 0 Å². The van der Waals surface area contributed by atoms with Crippen LogP contribution in [0.1, 0.15) is 65.2 Å². The van der Waals surface area contributed by atoms with Crippen LogP contribution in [0.2, 0.25) is 0 Å². The summed E-state index contributed by atoms with van der Waals surface area (Å²) in [4.78, 5) is 12.6. The Morgan fingerprint density at radius 1 is 1.35 bits per heavy atom. The lowest BCUT2D eigenvalue weighted by Crippen LogP contribution is -2.60. The van der Waals surface area contributed by atoms with E-state index in [0.29, 0.717) is 12.8 Å². The number of hydrogen-bond acceptors (Lipinski definition) is 4. The van der Waals surface area contributed by atoms with Gasteiger partial charge in [0.1, 0.15) is 5.54 Å². The van der Waals surface area contributed by atoms with E-state index < -0.39 is 5.54 Å². The third kappa shape index (κ3) is 4.43. The highest BCUT2D eigenvalue weighted by atomic mass is 16.5. The molecule has 0 bridgehead atoms. The zero-order valence-corrected chi connectivity index (χ0v) is 13.1. The number of carbonyl (C=O) groups is 1. The minimum atomic E-state index is -0.809. The van der Waals surface area contributed by atoms with Crippen LogP contribution in [0.4, 0.5) is 0 Å². The maximum Gasteiger partial charge on any atom is 0.242 e. The lowest BCUT2D eigenvalue weighted by Gasteiger charge is -2.36. The molecule has 0 aromatic heterocycles. The Morgan fingerprint density at radius 3 is 2.50 bits per heavy atom. The van der Waals surface area contributed by atoms with Crippen molar-refractivity contribution < 1.29 is 14.7 Å². The first-order chi connectivity index (χ1) is 9.59. The summed E-state index contributed by atoms with van der Waals surface area (Å²) in [7, 11) is 1.66. The first kappa shape index (κ1) is 17.4. The van der Waals surface area contributed by atoms with E-state index in [2.05, 4.69) is 17.7 Å². The highest BCUT2D eigenvalue weighted by molar-refractivity contribution is 5.86. The standard InChI is InChI=1S/C15H30N2O3/c1-4-5-9-13(12(2)20-3)16-14(18)15(17-19)10-7-6-8-11-15/h12-13,17,19H,4-11H2,1-3H3,(H,16,18)/t12?,13-/m0/s1. The van der Waals surface area contributed by atoms with Gasteiger partial charge in [0.15, 0.2) is 0 Å². The summed E-state index contributed by atoms with van der Waals surface area (Å²) >= 11 is 0. The molecule has 1 amide bonds. The second kappa shape index (κ2) is 8.60. The van der Waals surface area contributed by atoms with E-state index in [0.717, 1.165) is 38.5 Å². The summed E-state index contributed by atoms with van der Waals surface area (Å²) in [6.07, 6.45) is 7.48. The van der Waals surface area contributed by atoms with Gasteiger partial charge in [-0.05, 0) is 26.2 Å². The number of hydroxylamine groups is 1. The van der Waals surface area contributed by atoms with E-state index in [9.17, 15) is 10.0 Å². The van der Waals surface area contributed by atoms with Gasteiger partial charge in [0.2, 0.25) is 5.91 Å². The SMILES string of the molecule is CCCC[C@H](NC(=O)C1(NO)CCCCC1)C(C)OC. The number of amides is 1. The molecule has 3 N–H and O–H groups in total. The normalized spacial score (nSPS) is 21.2. The van der Waals surface area contributed by atoms with Gasteiger partial charge in [-0.15, -0.1) is 0 Å². The molecule has 0 heterocycles. The van der Waals surface area contributed by atoms with E-state index in [1.54, 1.807) is 7.11 Å². The van der Waals surface area contributed by atoms with Crippen molar-refractivity contribution in [3.05, 3.63) is 0 Å². The topological polar surface area (TPSA) is 70.6 Å². The summed E-state index contributed by atoms with van der Waals surface area (Å²) in [5.41, 5.74) is 1.47. The molecule has 1 rings (SSSR count). The molecular formula is C15H30N2O3. The Kier molecular flexibility index (Phi) is 7.48. The first-order valence-electron chi connectivity index (χ1n) is 7.84. The zero-order valence-electron chi connectivity index (χ0n) is 13.1. The Balaban J connectivity index is 2.67. The molecule has 5 heteroatoms. The average molecular weight is 286 g/mol. The molecule has 1 aliphatic carbocycles. The smallest absolute Gasteiger partial charge is 0.242 e. The molecule has 5 nitrogen and oxygen atoms in total. The highest BCUT2D eigenvalue weighted by Gasteiger charge is 2.40. The number of rotatable bonds is 8. The predicted octanol–water partition coefficient (Wildman–Crippen LogP) is 2.38. The van der Waals surface area contributed by atoms with Crippen molar-refractivity contribution >= 4 is 5.91 Å². The maximum atomic E-state index is 12.6. The molecule has 1 unspecified atom stereocenters. The van der Waals surface area contributed by atoms with Crippen LogP contribution < -0.4 is 10.8 Å². The number of hydrogen-bond donors (Lipinski definition) is 3. The van der Waals surface area contributed by atoms with Crippen molar-refractivity contribution in [2.24, 2.45) is 0 Å². The van der Waals surface area contributed by atoms with Crippen molar-refractivity contribution in [1.29, 1.82) is 0 Å². The van der Waals surface area contributed by atoms with Gasteiger partial charge < -0.3 is 15.3 Å². The van der Waals surface area contributed by atoms with Gasteiger partial charge >= 0.3 is 0 Å². The molecule has 0 spiro atoms. The predicted molar refractivity (Wildman–Crippen MR) is 78.7 cm³/mol. The lowest BCUT2D eigenvalue weighted by molar-refractivity contribution is -0.136. The number of nitrogens with one attached hydrogen (secondary N) is 2. The monoisotopic (exact) mass is 286 g/mol. The molecule has 1 aliphatic rings. The summed E-state index contributed by atoms with van der Waals surface area (Å²) in [5.74, 6) is -0.0929. The number of methoxy groups -OCH3 is 1. The quantitative estimate of drug-likeness (QED) is 0.599. The molecule has 1 fully saturated rings. The van der Waals surface area contributed by atoms with Crippen molar-refractivity contribution in [2.75, 3.05) is 7.11 Å². The molecule has 1 saturated carbocycles. The van der Waals surface area contributed by atoms with Gasteiger partial charge in [0.25, 0.3) is 0 Å². The molecule has 0 saturated heterocycles. The number of ether oxygens (including phenoxy) is 1. The molecule has 0 radical (unpaired) electrons. The fourth-order valence-corrected chi connectivity index (χ4v) is 2.86. The largest absolute Gasteiger partial charge is 0.380 e. The van der Waals surface area contributed by atoms with Crippen molar-refractivity contribution in [3.63, 3.8) is 0 Å². The van der Waals surface area contributed by atoms with Crippen LogP contribution in [-0.4, -0.2) is 35.9 Å². The second-order valence-electron chi connectivity index (χ2n) is 5.92. The summed E-state index contributed by atoms with van der Waals surface area (Å²) in [6, 6.07) is -0.000369. The van der Waals surface area contributed by atoms with E-state index >= 15 is 0 Å². The Bertz CT molecular complexity index is 291. The maximum absolute atomic E-state index is 12.6. The highest BCUT2D eigenvalue weighted by Crippen LogP contribution is 2.28. The summed E-state index contributed by atoms with van der Waals surface area (Å²) in [5, 5.41) is 12.5. The van der Waals surface area contributed by atoms with Gasteiger partial charge in [-0.3, -0.25) is 4.79 Å². The van der Waals surface area contributed by atoms with Crippen LogP contribution in [0.5, 0.6) is 0 Å². The van der Waals surface area contributed by atoms with E-state index in [1.165, 1.54) is 0 Å². The molecule has 118 valence electrons. The molecule has 0 aromatic carbocycles. The fourth-order valence-electron chi connectivity index (χ4n) is 2.86. The minimum absolute atomic E-state index is 0.000369. The summed E-state index contributed by atoms with van der Waals surface area (Å²) < 4.78 is 5.37. The van der Waals surface area contributed by atoms with Gasteiger partial charge in [-0.2, -0.15) is 5.48 Å². The average Bonchev–Trinajstić information content (AvgIpc) is 2.50. The minimum Gasteiger partial charge on any atom is -0.380 e. The fraction of sp³-hybridized carbons (Fsp3) is 0.933. The van der Waals surface area contributed by atoms with Crippen LogP contribution in [-0.2, 0) is 9.53 Å². The van der Waals surface area contributed by atoms with Gasteiger partial charge in [-0.1, -0.05) is 39.0 Å². The molecule has 2 atom stereocenters. The molecule has 20 heavy (non-hydrogen) atoms. The van der Waals surface area contributed by atoms with Gasteiger partial charge in [0, 0.05) is 7.11 Å². The van der Waals surface area contributed by atoms with Crippen LogP contribution >= 0.6 is 0 Å². The van der Waals surface area contributed by atoms with Crippen LogP contribution in [0.15, 0.2) is 0 Å². The van der Waals surface area contributed by atoms with Gasteiger partial charge in [-0.25, -0.2) is 0 Å². The zero-order chi connectivity index (χ0) is 15.0. The Morgan fingerprint density at radius 2 is 2.00 bits per heavy atom. The van der Waals surface area contributed by atoms with Crippen molar-refractivity contribution in [3.8, 4) is 0 Å². The third-order valence-electron chi connectivity index (χ3n) is 4.48. The lowest BCUT2D eigenvalue weighted by atomic mass is 9.81. The molecule has 0 aliphatic heterocycles. The van der Waals surface area contributed by atoms with E-state index in [-0.39, 0.29) is 18.1 Å². The van der Waals surface area contributed by atoms with E-state index in [1.807, 2.05) is 6.92 Å². The Hall–Kier alpha value is -0.650. The van der Waals surface area contributed by atoms with E-state index in [4.69, 9.17) is 4.74 Å². The third-order valence-corrected chi connectivity index (χ3v) is 4.48. The number of carbonyl (C=O) groups excluding carboxylic acids is 1. The Labute approximate surface area is 122 Å². The summed E-state index contributed by atoms with van der Waals surface area (Å²) in [6.45, 7) is 4.11. The molecular weight excluding hydrogens is 256 g/mol. The van der Waals surface area contributed by atoms with Gasteiger partial charge in [0.05, 0.1) is 12.1 Å². The van der Waals surface area contributed by atoms with Crippen molar-refractivity contribution in [1.82, 2.24) is 10.8 Å². The van der Waals surface area contributed by atoms with Crippen LogP contribution in [0.3, 0.4) is 0 Å². The number of unbranched alkanes of at least 4 members (excludes halogenated alkanes) is 1. The second-order valence-corrected chi connectivity index (χ2v) is 5.92. The molecule has 0 aromatic rings. The first-order valence-corrected chi connectivity index (χ1v) is 7.84. The van der Waals surface area contributed by atoms with Crippen LogP contribution in [0, 0.1) is 0 Å².